The van der Waals surface area contributed by atoms with Crippen LogP contribution in [0.1, 0.15) is 23.6 Å². The first-order valence-electron chi connectivity index (χ1n) is 5.93. The summed E-state index contributed by atoms with van der Waals surface area (Å²) in [5.74, 6) is 0. The predicted octanol–water partition coefficient (Wildman–Crippen LogP) is 4.39. The first-order valence-corrected chi connectivity index (χ1v) is 7.01. The predicted molar refractivity (Wildman–Crippen MR) is 80.3 cm³/mol. The van der Waals surface area contributed by atoms with Crippen LogP contribution >= 0.6 is 22.6 Å². The molecule has 2 heteroatoms. The van der Waals surface area contributed by atoms with Crippen LogP contribution in [0, 0.1) is 3.57 Å². The normalized spacial score (nSPS) is 17.8. The fourth-order valence-electron chi connectivity index (χ4n) is 2.45. The van der Waals surface area contributed by atoms with Crippen molar-refractivity contribution >= 4 is 28.3 Å². The maximum absolute atomic E-state index is 3.62. The highest BCUT2D eigenvalue weighted by atomic mass is 127. The van der Waals surface area contributed by atoms with Crippen LogP contribution in [0.2, 0.25) is 0 Å². The summed E-state index contributed by atoms with van der Waals surface area (Å²) in [6.45, 7) is 0. The van der Waals surface area contributed by atoms with E-state index in [2.05, 4.69) is 76.4 Å². The van der Waals surface area contributed by atoms with Gasteiger partial charge in [0, 0.05) is 9.26 Å². The summed E-state index contributed by atoms with van der Waals surface area (Å²) in [5.41, 5.74) is 4.17. The fourth-order valence-corrected chi connectivity index (χ4v) is 2.81. The summed E-state index contributed by atoms with van der Waals surface area (Å²) < 4.78 is 1.28. The van der Waals surface area contributed by atoms with Crippen LogP contribution in [0.5, 0.6) is 0 Å². The molecule has 1 unspecified atom stereocenters. The maximum atomic E-state index is 3.62. The minimum absolute atomic E-state index is 0.478. The highest BCUT2D eigenvalue weighted by Crippen LogP contribution is 2.33. The van der Waals surface area contributed by atoms with E-state index >= 15 is 0 Å². The molecule has 1 nitrogen and oxygen atoms in total. The molecule has 1 N–H and O–H groups in total. The number of anilines is 1. The van der Waals surface area contributed by atoms with E-state index in [4.69, 9.17) is 0 Å². The van der Waals surface area contributed by atoms with Crippen LogP contribution in [-0.4, -0.2) is 0 Å². The zero-order valence-corrected chi connectivity index (χ0v) is 11.6. The van der Waals surface area contributed by atoms with E-state index in [0.29, 0.717) is 6.04 Å². The summed E-state index contributed by atoms with van der Waals surface area (Å²) in [6.07, 6.45) is 2.39. The Kier molecular flexibility index (Phi) is 3.05. The molecule has 1 aliphatic carbocycles. The number of fused-ring (bicyclic) bond motifs is 1. The minimum Gasteiger partial charge on any atom is -0.378 e. The van der Waals surface area contributed by atoms with Crippen LogP contribution in [0.3, 0.4) is 0 Å². The third-order valence-corrected chi connectivity index (χ3v) is 4.04. The molecule has 17 heavy (non-hydrogen) atoms. The highest BCUT2D eigenvalue weighted by molar-refractivity contribution is 14.1. The van der Waals surface area contributed by atoms with E-state index in [9.17, 15) is 0 Å². The first-order chi connectivity index (χ1) is 8.33. The van der Waals surface area contributed by atoms with Gasteiger partial charge in [0.05, 0.1) is 6.04 Å². The molecule has 0 aromatic heterocycles. The Labute approximate surface area is 115 Å². The van der Waals surface area contributed by atoms with Gasteiger partial charge in [0.25, 0.3) is 0 Å². The lowest BCUT2D eigenvalue weighted by atomic mass is 10.1. The fraction of sp³-hybridized carbons (Fsp3) is 0.200. The average molecular weight is 335 g/mol. The molecule has 1 aliphatic rings. The molecule has 2 aromatic carbocycles. The number of rotatable bonds is 2. The molecule has 0 heterocycles. The standard InChI is InChI=1S/C15H14IN/c16-12-6-8-13(9-7-12)17-15-10-5-11-3-1-2-4-14(11)15/h1-4,6-9,15,17H,5,10H2. The summed E-state index contributed by atoms with van der Waals surface area (Å²) in [5, 5.41) is 3.62. The minimum atomic E-state index is 0.478. The van der Waals surface area contributed by atoms with Crippen molar-refractivity contribution in [2.24, 2.45) is 0 Å². The summed E-state index contributed by atoms with van der Waals surface area (Å²) in [6, 6.07) is 17.8. The molecule has 0 bridgehead atoms. The summed E-state index contributed by atoms with van der Waals surface area (Å²) in [7, 11) is 0. The van der Waals surface area contributed by atoms with Crippen LogP contribution in [-0.2, 0) is 6.42 Å². The molecule has 86 valence electrons. The Hall–Kier alpha value is -1.03. The van der Waals surface area contributed by atoms with E-state index in [-0.39, 0.29) is 0 Å². The second-order valence-corrected chi connectivity index (χ2v) is 5.69. The van der Waals surface area contributed by atoms with Gasteiger partial charge in [-0.1, -0.05) is 24.3 Å². The number of aryl methyl sites for hydroxylation is 1. The third-order valence-electron chi connectivity index (χ3n) is 3.32. The second-order valence-electron chi connectivity index (χ2n) is 4.44. The number of nitrogens with one attached hydrogen (secondary N) is 1. The number of benzene rings is 2. The molecule has 1 atom stereocenters. The Balaban J connectivity index is 1.81. The number of halogens is 1. The second kappa shape index (κ2) is 4.69. The van der Waals surface area contributed by atoms with E-state index in [1.807, 2.05) is 0 Å². The maximum Gasteiger partial charge on any atom is 0.0519 e. The van der Waals surface area contributed by atoms with E-state index < -0.39 is 0 Å². The van der Waals surface area contributed by atoms with Crippen molar-refractivity contribution in [3.05, 3.63) is 63.2 Å². The van der Waals surface area contributed by atoms with Crippen molar-refractivity contribution < 1.29 is 0 Å². The van der Waals surface area contributed by atoms with Gasteiger partial charge >= 0.3 is 0 Å². The van der Waals surface area contributed by atoms with Gasteiger partial charge in [0.15, 0.2) is 0 Å². The molecule has 0 spiro atoms. The van der Waals surface area contributed by atoms with Crippen molar-refractivity contribution in [2.75, 3.05) is 5.32 Å². The zero-order chi connectivity index (χ0) is 11.7. The van der Waals surface area contributed by atoms with Gasteiger partial charge in [-0.3, -0.25) is 0 Å². The molecule has 0 amide bonds. The lowest BCUT2D eigenvalue weighted by Gasteiger charge is -2.15. The molecular weight excluding hydrogens is 321 g/mol. The largest absolute Gasteiger partial charge is 0.378 e. The van der Waals surface area contributed by atoms with E-state index in [0.717, 1.165) is 0 Å². The van der Waals surface area contributed by atoms with Crippen LogP contribution < -0.4 is 5.32 Å². The number of hydrogen-bond acceptors (Lipinski definition) is 1. The number of hydrogen-bond donors (Lipinski definition) is 1. The Morgan fingerprint density at radius 2 is 1.76 bits per heavy atom. The molecule has 3 rings (SSSR count). The van der Waals surface area contributed by atoms with Gasteiger partial charge in [-0.2, -0.15) is 0 Å². The molecular formula is C15H14IN. The lowest BCUT2D eigenvalue weighted by molar-refractivity contribution is 0.762. The molecule has 2 aromatic rings. The highest BCUT2D eigenvalue weighted by Gasteiger charge is 2.21. The van der Waals surface area contributed by atoms with E-state index in [1.54, 1.807) is 0 Å². The summed E-state index contributed by atoms with van der Waals surface area (Å²) >= 11 is 2.33. The van der Waals surface area contributed by atoms with E-state index in [1.165, 1.54) is 33.2 Å². The third kappa shape index (κ3) is 2.32. The van der Waals surface area contributed by atoms with Crippen molar-refractivity contribution in [2.45, 2.75) is 18.9 Å². The van der Waals surface area contributed by atoms with Gasteiger partial charge in [-0.15, -0.1) is 0 Å². The smallest absolute Gasteiger partial charge is 0.0519 e. The topological polar surface area (TPSA) is 12.0 Å². The lowest BCUT2D eigenvalue weighted by Crippen LogP contribution is -2.06. The quantitative estimate of drug-likeness (QED) is 0.803. The Morgan fingerprint density at radius 3 is 2.59 bits per heavy atom. The van der Waals surface area contributed by atoms with Gasteiger partial charge in [0.1, 0.15) is 0 Å². The molecule has 0 radical (unpaired) electrons. The molecule has 0 aliphatic heterocycles. The van der Waals surface area contributed by atoms with Gasteiger partial charge < -0.3 is 5.32 Å². The SMILES string of the molecule is Ic1ccc(NC2CCc3ccccc32)cc1. The van der Waals surface area contributed by atoms with Gasteiger partial charge in [-0.25, -0.2) is 0 Å². The van der Waals surface area contributed by atoms with Crippen LogP contribution in [0.15, 0.2) is 48.5 Å². The first kappa shape index (κ1) is 11.1. The molecule has 0 saturated carbocycles. The van der Waals surface area contributed by atoms with Gasteiger partial charge in [0.2, 0.25) is 0 Å². The van der Waals surface area contributed by atoms with Crippen LogP contribution in [0.25, 0.3) is 0 Å². The van der Waals surface area contributed by atoms with Crippen molar-refractivity contribution in [1.29, 1.82) is 0 Å². The molecule has 0 fully saturated rings. The van der Waals surface area contributed by atoms with Crippen molar-refractivity contribution in [3.8, 4) is 0 Å². The van der Waals surface area contributed by atoms with Gasteiger partial charge in [-0.05, 0) is 70.8 Å². The van der Waals surface area contributed by atoms with Crippen LogP contribution in [0.4, 0.5) is 5.69 Å². The zero-order valence-electron chi connectivity index (χ0n) is 9.49. The summed E-state index contributed by atoms with van der Waals surface area (Å²) in [4.78, 5) is 0. The van der Waals surface area contributed by atoms with Crippen molar-refractivity contribution in [1.82, 2.24) is 0 Å². The average Bonchev–Trinajstić information content (AvgIpc) is 2.76. The Bertz CT molecular complexity index is 519. The Morgan fingerprint density at radius 1 is 1.00 bits per heavy atom. The monoisotopic (exact) mass is 335 g/mol. The van der Waals surface area contributed by atoms with Crippen molar-refractivity contribution in [3.63, 3.8) is 0 Å². The molecule has 0 saturated heterocycles.